The van der Waals surface area contributed by atoms with Crippen molar-refractivity contribution in [2.24, 2.45) is 5.16 Å². The van der Waals surface area contributed by atoms with Gasteiger partial charge in [-0.25, -0.2) is 9.37 Å². The van der Waals surface area contributed by atoms with Gasteiger partial charge in [0.1, 0.15) is 5.82 Å². The fourth-order valence-corrected chi connectivity index (χ4v) is 4.44. The van der Waals surface area contributed by atoms with Crippen LogP contribution < -0.4 is 10.0 Å². The maximum atomic E-state index is 14.8. The van der Waals surface area contributed by atoms with Crippen LogP contribution in [0.25, 0.3) is 22.2 Å². The van der Waals surface area contributed by atoms with Crippen molar-refractivity contribution < 1.29 is 13.5 Å². The average Bonchev–Trinajstić information content (AvgIpc) is 3.35. The molecule has 33 heavy (non-hydrogen) atoms. The maximum absolute atomic E-state index is 14.8. The van der Waals surface area contributed by atoms with Crippen LogP contribution in [0.4, 0.5) is 10.1 Å². The van der Waals surface area contributed by atoms with Crippen molar-refractivity contribution in [1.29, 1.82) is 0 Å². The van der Waals surface area contributed by atoms with Crippen LogP contribution in [0.15, 0.2) is 76.4 Å². The molecule has 164 valence electrons. The van der Waals surface area contributed by atoms with Gasteiger partial charge >= 0.3 is 0 Å². The number of fused-ring (bicyclic) bond motifs is 1. The first-order valence-electron chi connectivity index (χ1n) is 9.94. The number of rotatable bonds is 4. The predicted octanol–water partition coefficient (Wildman–Crippen LogP) is 6.21. The minimum Gasteiger partial charge on any atom is -0.319 e. The number of amides is 1. The molecule has 0 aliphatic carbocycles. The summed E-state index contributed by atoms with van der Waals surface area (Å²) < 4.78 is 23.3. The standard InChI is InChI=1S/C24H16BrFN4O2S/c1-13-21(24(31)28-20-9-7-15(11-18(20)26)23-29-32-33-30-23)17-12-16(25)8-10-19(17)27-22(13)14-5-3-2-4-6-14/h2-12H,1H3,(H,28,31)(H,29,30). The lowest BCUT2D eigenvalue weighted by atomic mass is 9.97. The lowest BCUT2D eigenvalue weighted by molar-refractivity contribution is 0.102. The Morgan fingerprint density at radius 3 is 2.64 bits per heavy atom. The summed E-state index contributed by atoms with van der Waals surface area (Å²) in [5.74, 6) is -0.593. The molecular formula is C24H16BrFN4O2S. The molecule has 1 aromatic heterocycles. The summed E-state index contributed by atoms with van der Waals surface area (Å²) >= 11 is 4.42. The zero-order chi connectivity index (χ0) is 22.9. The molecule has 0 bridgehead atoms. The van der Waals surface area contributed by atoms with Gasteiger partial charge in [-0.2, -0.15) is 0 Å². The summed E-state index contributed by atoms with van der Waals surface area (Å²) in [5, 5.41) is 7.18. The Morgan fingerprint density at radius 2 is 1.91 bits per heavy atom. The van der Waals surface area contributed by atoms with E-state index in [9.17, 15) is 9.18 Å². The van der Waals surface area contributed by atoms with Crippen LogP contribution in [0.1, 0.15) is 21.5 Å². The van der Waals surface area contributed by atoms with Gasteiger partial charge in [-0.1, -0.05) is 46.3 Å². The van der Waals surface area contributed by atoms with E-state index in [-0.39, 0.29) is 5.69 Å². The first-order valence-corrected chi connectivity index (χ1v) is 11.5. The number of amidine groups is 1. The van der Waals surface area contributed by atoms with Crippen LogP contribution in [-0.4, -0.2) is 16.7 Å². The minimum absolute atomic E-state index is 0.0662. The van der Waals surface area contributed by atoms with Crippen molar-refractivity contribution in [3.8, 4) is 11.3 Å². The minimum atomic E-state index is -0.581. The van der Waals surface area contributed by atoms with E-state index in [4.69, 9.17) is 9.27 Å². The fraction of sp³-hybridized carbons (Fsp3) is 0.0417. The number of halogens is 2. The summed E-state index contributed by atoms with van der Waals surface area (Å²) in [7, 11) is 0. The molecule has 1 aliphatic rings. The number of carbonyl (C=O) groups is 1. The van der Waals surface area contributed by atoms with Gasteiger partial charge in [0.15, 0.2) is 5.84 Å². The predicted molar refractivity (Wildman–Crippen MR) is 132 cm³/mol. The van der Waals surface area contributed by atoms with Gasteiger partial charge in [-0.05, 0) is 54.0 Å². The monoisotopic (exact) mass is 522 g/mol. The van der Waals surface area contributed by atoms with Crippen molar-refractivity contribution in [3.63, 3.8) is 0 Å². The van der Waals surface area contributed by atoms with E-state index < -0.39 is 11.7 Å². The number of hydrogen-bond donors (Lipinski definition) is 2. The molecule has 0 unspecified atom stereocenters. The Labute approximate surface area is 201 Å². The van der Waals surface area contributed by atoms with Gasteiger partial charge in [-0.15, -0.1) is 0 Å². The molecule has 5 rings (SSSR count). The van der Waals surface area contributed by atoms with Gasteiger partial charge in [0.25, 0.3) is 5.91 Å². The normalized spacial score (nSPS) is 12.8. The Balaban J connectivity index is 1.58. The molecular weight excluding hydrogens is 507 g/mol. The molecule has 1 amide bonds. The van der Waals surface area contributed by atoms with Crippen LogP contribution in [0.3, 0.4) is 0 Å². The SMILES string of the molecule is Cc1c(-c2ccccc2)nc2ccc(Br)cc2c1C(=O)Nc1ccc(C2=NOSN2)cc1F. The Kier molecular flexibility index (Phi) is 5.74. The largest absolute Gasteiger partial charge is 0.319 e. The van der Waals surface area contributed by atoms with Crippen molar-refractivity contribution in [2.75, 3.05) is 5.32 Å². The zero-order valence-electron chi connectivity index (χ0n) is 17.2. The fourth-order valence-electron chi connectivity index (χ4n) is 3.69. The number of pyridine rings is 1. The molecule has 3 aromatic carbocycles. The van der Waals surface area contributed by atoms with E-state index in [1.54, 1.807) is 6.07 Å². The summed E-state index contributed by atoms with van der Waals surface area (Å²) in [6.45, 7) is 1.85. The number of hydrogen-bond acceptors (Lipinski definition) is 6. The van der Waals surface area contributed by atoms with Gasteiger partial charge in [0.2, 0.25) is 12.2 Å². The van der Waals surface area contributed by atoms with Crippen LogP contribution in [0.2, 0.25) is 0 Å². The van der Waals surface area contributed by atoms with E-state index in [2.05, 4.69) is 31.1 Å². The molecule has 0 fully saturated rings. The molecule has 0 atom stereocenters. The van der Waals surface area contributed by atoms with Gasteiger partial charge in [0, 0.05) is 21.0 Å². The molecule has 6 nitrogen and oxygen atoms in total. The molecule has 0 radical (unpaired) electrons. The third-order valence-electron chi connectivity index (χ3n) is 5.26. The highest BCUT2D eigenvalue weighted by atomic mass is 79.9. The Morgan fingerprint density at radius 1 is 1.09 bits per heavy atom. The van der Waals surface area contributed by atoms with Crippen molar-refractivity contribution in [1.82, 2.24) is 9.71 Å². The van der Waals surface area contributed by atoms with Gasteiger partial charge in [0.05, 0.1) is 22.5 Å². The smallest absolute Gasteiger partial charge is 0.256 e. The summed E-state index contributed by atoms with van der Waals surface area (Å²) in [5.41, 5.74) is 4.00. The van der Waals surface area contributed by atoms with E-state index in [1.807, 2.05) is 55.5 Å². The van der Waals surface area contributed by atoms with Gasteiger partial charge in [-0.3, -0.25) is 13.8 Å². The molecule has 2 heterocycles. The Hall–Kier alpha value is -3.43. The molecule has 0 spiro atoms. The summed E-state index contributed by atoms with van der Waals surface area (Å²) in [6, 6.07) is 19.7. The topological polar surface area (TPSA) is 75.6 Å². The Bertz CT molecular complexity index is 1430. The highest BCUT2D eigenvalue weighted by molar-refractivity contribution is 9.10. The van der Waals surface area contributed by atoms with E-state index in [1.165, 1.54) is 12.1 Å². The lowest BCUT2D eigenvalue weighted by Gasteiger charge is -2.15. The quantitative estimate of drug-likeness (QED) is 0.246. The molecule has 2 N–H and O–H groups in total. The molecule has 9 heteroatoms. The second kappa shape index (κ2) is 8.84. The number of anilines is 1. The molecule has 0 saturated heterocycles. The second-order valence-electron chi connectivity index (χ2n) is 7.34. The summed E-state index contributed by atoms with van der Waals surface area (Å²) in [4.78, 5) is 18.3. The molecule has 0 saturated carbocycles. The average molecular weight is 523 g/mol. The first-order chi connectivity index (χ1) is 16.0. The third kappa shape index (κ3) is 4.17. The highest BCUT2D eigenvalue weighted by Gasteiger charge is 2.21. The third-order valence-corrected chi connectivity index (χ3v) is 6.18. The van der Waals surface area contributed by atoms with Crippen molar-refractivity contribution in [2.45, 2.75) is 6.92 Å². The van der Waals surface area contributed by atoms with Crippen LogP contribution in [-0.2, 0) is 4.28 Å². The van der Waals surface area contributed by atoms with E-state index in [0.29, 0.717) is 39.1 Å². The van der Waals surface area contributed by atoms with Crippen LogP contribution >= 0.6 is 28.2 Å². The number of nitrogens with one attached hydrogen (secondary N) is 2. The number of oxime groups is 1. The molecule has 4 aromatic rings. The number of aromatic nitrogens is 1. The van der Waals surface area contributed by atoms with E-state index >= 15 is 0 Å². The van der Waals surface area contributed by atoms with E-state index in [0.717, 1.165) is 22.3 Å². The van der Waals surface area contributed by atoms with Crippen molar-refractivity contribution >= 4 is 56.5 Å². The highest BCUT2D eigenvalue weighted by Crippen LogP contribution is 2.32. The number of benzene rings is 3. The lowest BCUT2D eigenvalue weighted by Crippen LogP contribution is -2.17. The number of carbonyl (C=O) groups excluding carboxylic acids is 1. The maximum Gasteiger partial charge on any atom is 0.256 e. The van der Waals surface area contributed by atoms with Crippen LogP contribution in [0.5, 0.6) is 0 Å². The number of nitrogens with zero attached hydrogens (tertiary/aromatic N) is 2. The van der Waals surface area contributed by atoms with Gasteiger partial charge < -0.3 is 5.32 Å². The molecule has 1 aliphatic heterocycles. The second-order valence-corrected chi connectivity index (χ2v) is 8.77. The van der Waals surface area contributed by atoms with Crippen molar-refractivity contribution in [3.05, 3.63) is 93.7 Å². The zero-order valence-corrected chi connectivity index (χ0v) is 19.6. The van der Waals surface area contributed by atoms with Crippen LogP contribution in [0, 0.1) is 12.7 Å². The first kappa shape index (κ1) is 21.4. The summed E-state index contributed by atoms with van der Waals surface area (Å²) in [6.07, 6.45) is 0.